The summed E-state index contributed by atoms with van der Waals surface area (Å²) in [4.78, 5) is 35.1. The van der Waals surface area contributed by atoms with Crippen molar-refractivity contribution < 1.29 is 19.5 Å². The van der Waals surface area contributed by atoms with Crippen LogP contribution in [0, 0.1) is 0 Å². The minimum Gasteiger partial charge on any atom is -0.481 e. The van der Waals surface area contributed by atoms with Crippen molar-refractivity contribution in [2.45, 2.75) is 24.8 Å². The van der Waals surface area contributed by atoms with Gasteiger partial charge in [0.1, 0.15) is 0 Å². The highest BCUT2D eigenvalue weighted by molar-refractivity contribution is 6.04. The van der Waals surface area contributed by atoms with E-state index in [1.54, 1.807) is 18.3 Å². The molecule has 2 aliphatic heterocycles. The van der Waals surface area contributed by atoms with Crippen LogP contribution >= 0.6 is 0 Å². The van der Waals surface area contributed by atoms with Gasteiger partial charge in [0.2, 0.25) is 5.91 Å². The van der Waals surface area contributed by atoms with Crippen molar-refractivity contribution in [1.29, 1.82) is 0 Å². The highest BCUT2D eigenvalue weighted by Gasteiger charge is 2.37. The van der Waals surface area contributed by atoms with Crippen LogP contribution in [0.5, 0.6) is 0 Å². The summed E-state index contributed by atoms with van der Waals surface area (Å²) in [5, 5.41) is 18.9. The molecule has 0 radical (unpaired) electrons. The van der Waals surface area contributed by atoms with E-state index in [9.17, 15) is 14.4 Å². The first-order valence-electron chi connectivity index (χ1n) is 8.87. The number of hydrogen-bond acceptors (Lipinski definition) is 5. The summed E-state index contributed by atoms with van der Waals surface area (Å²) in [5.41, 5.74) is 5.99. The van der Waals surface area contributed by atoms with Crippen LogP contribution in [0.3, 0.4) is 0 Å². The van der Waals surface area contributed by atoms with E-state index in [1.807, 2.05) is 30.3 Å². The maximum atomic E-state index is 12.5. The summed E-state index contributed by atoms with van der Waals surface area (Å²) in [5.74, 6) is -1.95. The van der Waals surface area contributed by atoms with Crippen LogP contribution in [0.4, 0.5) is 11.4 Å². The molecule has 0 spiro atoms. The normalized spacial score (nSPS) is 19.2. The molecule has 2 aromatic carbocycles. The summed E-state index contributed by atoms with van der Waals surface area (Å²) >= 11 is 0. The Labute approximate surface area is 160 Å². The standard InChI is InChI=1S/C20H18N4O4/c25-16(6-7-17(26)27)22-12-8-13-18-14(10-21-24-20(13)28)19(23-15(18)9-12)11-4-2-1-3-5-11/h1-5,8-10,14,19,23H,6-7H2,(H,22,25)(H,24,28)(H,26,27). The predicted octanol–water partition coefficient (Wildman–Crippen LogP) is 2.47. The predicted molar refractivity (Wildman–Crippen MR) is 103 cm³/mol. The average Bonchev–Trinajstić information content (AvgIpc) is 2.96. The van der Waals surface area contributed by atoms with Crippen LogP contribution in [0.2, 0.25) is 0 Å². The first-order chi connectivity index (χ1) is 13.5. The van der Waals surface area contributed by atoms with Crippen LogP contribution in [-0.2, 0) is 9.59 Å². The number of carbonyl (C=O) groups excluding carboxylic acids is 2. The highest BCUT2D eigenvalue weighted by Crippen LogP contribution is 2.46. The fourth-order valence-electron chi connectivity index (χ4n) is 3.61. The van der Waals surface area contributed by atoms with Gasteiger partial charge in [-0.05, 0) is 23.3 Å². The van der Waals surface area contributed by atoms with Gasteiger partial charge in [-0.1, -0.05) is 30.3 Å². The van der Waals surface area contributed by atoms with Crippen LogP contribution in [0.1, 0.15) is 46.3 Å². The minimum atomic E-state index is -1.04. The molecule has 8 nitrogen and oxygen atoms in total. The number of rotatable bonds is 5. The van der Waals surface area contributed by atoms with E-state index in [4.69, 9.17) is 5.11 Å². The molecular weight excluding hydrogens is 360 g/mol. The van der Waals surface area contributed by atoms with Crippen LogP contribution in [-0.4, -0.2) is 29.1 Å². The molecule has 0 aliphatic carbocycles. The molecule has 2 heterocycles. The van der Waals surface area contributed by atoms with Gasteiger partial charge in [-0.15, -0.1) is 0 Å². The Bertz CT molecular complexity index is 987. The molecule has 0 bridgehead atoms. The molecular formula is C20H18N4O4. The van der Waals surface area contributed by atoms with Gasteiger partial charge in [0.25, 0.3) is 5.91 Å². The molecule has 0 fully saturated rings. The number of nitrogens with zero attached hydrogens (tertiary/aromatic N) is 1. The second-order valence-electron chi connectivity index (χ2n) is 6.70. The quantitative estimate of drug-likeness (QED) is 0.637. The number of hydrazone groups is 1. The molecule has 8 heteroatoms. The Hall–Kier alpha value is -3.68. The highest BCUT2D eigenvalue weighted by atomic mass is 16.4. The topological polar surface area (TPSA) is 120 Å². The number of hydrogen-bond donors (Lipinski definition) is 4. The van der Waals surface area contributed by atoms with Crippen molar-refractivity contribution in [3.63, 3.8) is 0 Å². The van der Waals surface area contributed by atoms with E-state index in [-0.39, 0.29) is 30.7 Å². The monoisotopic (exact) mass is 378 g/mol. The van der Waals surface area contributed by atoms with E-state index in [0.29, 0.717) is 11.3 Å². The zero-order valence-corrected chi connectivity index (χ0v) is 14.8. The van der Waals surface area contributed by atoms with Crippen molar-refractivity contribution in [2.24, 2.45) is 5.10 Å². The second-order valence-corrected chi connectivity index (χ2v) is 6.70. The number of carboxylic acid groups (broad SMARTS) is 1. The van der Waals surface area contributed by atoms with Gasteiger partial charge in [0, 0.05) is 35.5 Å². The molecule has 4 N–H and O–H groups in total. The molecule has 2 aromatic rings. The summed E-state index contributed by atoms with van der Waals surface area (Å²) in [6, 6.07) is 13.1. The zero-order chi connectivity index (χ0) is 19.7. The van der Waals surface area contributed by atoms with Crippen molar-refractivity contribution in [1.82, 2.24) is 5.43 Å². The first kappa shape index (κ1) is 17.7. The van der Waals surface area contributed by atoms with Crippen molar-refractivity contribution >= 4 is 35.4 Å². The molecule has 0 saturated carbocycles. The maximum Gasteiger partial charge on any atom is 0.303 e. The lowest BCUT2D eigenvalue weighted by molar-refractivity contribution is -0.138. The number of nitrogens with one attached hydrogen (secondary N) is 3. The SMILES string of the molecule is O=C(O)CCC(=O)Nc1cc2c3c(c1)C(=O)NN=CC3C(c1ccccc1)N2. The van der Waals surface area contributed by atoms with Gasteiger partial charge in [-0.2, -0.15) is 5.10 Å². The second kappa shape index (κ2) is 7.15. The Morgan fingerprint density at radius 2 is 1.93 bits per heavy atom. The molecule has 142 valence electrons. The van der Waals surface area contributed by atoms with Crippen molar-refractivity contribution in [3.05, 3.63) is 59.2 Å². The van der Waals surface area contributed by atoms with E-state index in [2.05, 4.69) is 21.2 Å². The first-order valence-corrected chi connectivity index (χ1v) is 8.87. The average molecular weight is 378 g/mol. The molecule has 2 aliphatic rings. The van der Waals surface area contributed by atoms with Gasteiger partial charge < -0.3 is 15.7 Å². The van der Waals surface area contributed by atoms with Crippen molar-refractivity contribution in [3.8, 4) is 0 Å². The number of carboxylic acids is 1. The zero-order valence-electron chi connectivity index (χ0n) is 14.8. The fourth-order valence-corrected chi connectivity index (χ4v) is 3.61. The number of carbonyl (C=O) groups is 3. The Morgan fingerprint density at radius 3 is 2.68 bits per heavy atom. The smallest absolute Gasteiger partial charge is 0.303 e. The maximum absolute atomic E-state index is 12.5. The molecule has 0 aromatic heterocycles. The lowest BCUT2D eigenvalue weighted by Crippen LogP contribution is -2.18. The molecule has 2 unspecified atom stereocenters. The molecule has 28 heavy (non-hydrogen) atoms. The number of amides is 2. The lowest BCUT2D eigenvalue weighted by atomic mass is 9.88. The molecule has 4 rings (SSSR count). The summed E-state index contributed by atoms with van der Waals surface area (Å²) in [6.45, 7) is 0. The third-order valence-electron chi connectivity index (χ3n) is 4.84. The summed E-state index contributed by atoms with van der Waals surface area (Å²) in [7, 11) is 0. The van der Waals surface area contributed by atoms with Gasteiger partial charge >= 0.3 is 5.97 Å². The number of aliphatic carboxylic acids is 1. The molecule has 2 amide bonds. The van der Waals surface area contributed by atoms with Gasteiger partial charge in [0.05, 0.1) is 12.5 Å². The van der Waals surface area contributed by atoms with Crippen molar-refractivity contribution in [2.75, 3.05) is 10.6 Å². The van der Waals surface area contributed by atoms with E-state index in [0.717, 1.165) is 16.8 Å². The third kappa shape index (κ3) is 3.32. The Kier molecular flexibility index (Phi) is 4.52. The minimum absolute atomic E-state index is 0.0932. The van der Waals surface area contributed by atoms with Gasteiger partial charge in [0.15, 0.2) is 0 Å². The fraction of sp³-hybridized carbons (Fsp3) is 0.200. The van der Waals surface area contributed by atoms with E-state index in [1.165, 1.54) is 0 Å². The van der Waals surface area contributed by atoms with Gasteiger partial charge in [-0.25, -0.2) is 5.43 Å². The van der Waals surface area contributed by atoms with E-state index >= 15 is 0 Å². The molecule has 2 atom stereocenters. The number of benzene rings is 2. The largest absolute Gasteiger partial charge is 0.481 e. The van der Waals surface area contributed by atoms with E-state index < -0.39 is 11.9 Å². The van der Waals surface area contributed by atoms with Gasteiger partial charge in [-0.3, -0.25) is 14.4 Å². The van der Waals surface area contributed by atoms with Crippen LogP contribution in [0.15, 0.2) is 47.6 Å². The Balaban J connectivity index is 1.68. The van der Waals surface area contributed by atoms with Crippen LogP contribution in [0.25, 0.3) is 0 Å². The Morgan fingerprint density at radius 1 is 1.14 bits per heavy atom. The lowest BCUT2D eigenvalue weighted by Gasteiger charge is -2.17. The molecule has 0 saturated heterocycles. The van der Waals surface area contributed by atoms with Crippen LogP contribution < -0.4 is 16.1 Å². The summed E-state index contributed by atoms with van der Waals surface area (Å²) < 4.78 is 0. The summed E-state index contributed by atoms with van der Waals surface area (Å²) in [6.07, 6.45) is 1.32. The third-order valence-corrected chi connectivity index (χ3v) is 4.84. The number of anilines is 2.